The highest BCUT2D eigenvalue weighted by Crippen LogP contribution is 2.19. The number of carbonyl (C=O) groups is 1. The zero-order valence-electron chi connectivity index (χ0n) is 14.3. The van der Waals surface area contributed by atoms with Crippen molar-refractivity contribution in [2.75, 3.05) is 0 Å². The zero-order chi connectivity index (χ0) is 18.3. The molecule has 5 nitrogen and oxygen atoms in total. The third-order valence-corrected chi connectivity index (χ3v) is 5.01. The number of rotatable bonds is 3. The summed E-state index contributed by atoms with van der Waals surface area (Å²) in [5.74, 6) is 0.592. The SMILES string of the molecule is C[C@H](NC(=O)c1ccc2c(=O)n3c(nc2c1)CCC3)c1cccc(Cl)c1. The molecular weight excluding hydrogens is 350 g/mol. The normalized spacial score (nSPS) is 14.2. The number of hydrogen-bond acceptors (Lipinski definition) is 3. The minimum absolute atomic E-state index is 0.0262. The molecule has 0 saturated carbocycles. The van der Waals surface area contributed by atoms with E-state index in [1.54, 1.807) is 28.8 Å². The summed E-state index contributed by atoms with van der Waals surface area (Å²) < 4.78 is 1.73. The zero-order valence-corrected chi connectivity index (χ0v) is 15.1. The number of nitrogens with zero attached hydrogens (tertiary/aromatic N) is 2. The number of nitrogens with one attached hydrogen (secondary N) is 1. The van der Waals surface area contributed by atoms with Gasteiger partial charge in [0.15, 0.2) is 0 Å². The van der Waals surface area contributed by atoms with Crippen molar-refractivity contribution in [2.24, 2.45) is 0 Å². The molecule has 0 aliphatic carbocycles. The second-order valence-corrected chi connectivity index (χ2v) is 7.01. The fourth-order valence-corrected chi connectivity index (χ4v) is 3.56. The average molecular weight is 368 g/mol. The Morgan fingerprint density at radius 1 is 1.27 bits per heavy atom. The smallest absolute Gasteiger partial charge is 0.261 e. The van der Waals surface area contributed by atoms with Crippen LogP contribution in [-0.2, 0) is 13.0 Å². The number of aromatic nitrogens is 2. The lowest BCUT2D eigenvalue weighted by Gasteiger charge is -2.15. The van der Waals surface area contributed by atoms with Gasteiger partial charge in [0.1, 0.15) is 5.82 Å². The highest BCUT2D eigenvalue weighted by molar-refractivity contribution is 6.30. The molecule has 1 aliphatic rings. The molecule has 0 unspecified atom stereocenters. The van der Waals surface area contributed by atoms with Crippen molar-refractivity contribution in [2.45, 2.75) is 32.4 Å². The number of carbonyl (C=O) groups excluding carboxylic acids is 1. The molecule has 1 N–H and O–H groups in total. The van der Waals surface area contributed by atoms with E-state index in [2.05, 4.69) is 10.3 Å². The van der Waals surface area contributed by atoms with Crippen LogP contribution in [0.2, 0.25) is 5.02 Å². The van der Waals surface area contributed by atoms with Crippen LogP contribution in [0.4, 0.5) is 0 Å². The first kappa shape index (κ1) is 16.8. The molecule has 1 atom stereocenters. The van der Waals surface area contributed by atoms with Crippen molar-refractivity contribution in [3.63, 3.8) is 0 Å². The second kappa shape index (κ2) is 6.57. The lowest BCUT2D eigenvalue weighted by atomic mass is 10.1. The lowest BCUT2D eigenvalue weighted by molar-refractivity contribution is 0.0940. The largest absolute Gasteiger partial charge is 0.346 e. The van der Waals surface area contributed by atoms with Crippen molar-refractivity contribution in [1.29, 1.82) is 0 Å². The van der Waals surface area contributed by atoms with Crippen molar-refractivity contribution in [3.8, 4) is 0 Å². The molecule has 1 aromatic heterocycles. The van der Waals surface area contributed by atoms with E-state index >= 15 is 0 Å². The highest BCUT2D eigenvalue weighted by atomic mass is 35.5. The van der Waals surface area contributed by atoms with E-state index < -0.39 is 0 Å². The summed E-state index contributed by atoms with van der Waals surface area (Å²) in [5.41, 5.74) is 1.97. The van der Waals surface area contributed by atoms with Crippen molar-refractivity contribution in [3.05, 3.63) is 74.8 Å². The summed E-state index contributed by atoms with van der Waals surface area (Å²) in [6.45, 7) is 2.62. The van der Waals surface area contributed by atoms with Crippen LogP contribution in [0.25, 0.3) is 10.9 Å². The van der Waals surface area contributed by atoms with Crippen LogP contribution in [-0.4, -0.2) is 15.5 Å². The van der Waals surface area contributed by atoms with E-state index in [1.165, 1.54) is 0 Å². The van der Waals surface area contributed by atoms with Gasteiger partial charge < -0.3 is 5.32 Å². The van der Waals surface area contributed by atoms with Gasteiger partial charge in [-0.2, -0.15) is 0 Å². The number of aryl methyl sites for hydroxylation is 1. The van der Waals surface area contributed by atoms with Gasteiger partial charge in [-0.3, -0.25) is 14.2 Å². The minimum Gasteiger partial charge on any atom is -0.346 e. The third-order valence-electron chi connectivity index (χ3n) is 4.77. The molecule has 3 aromatic rings. The van der Waals surface area contributed by atoms with Gasteiger partial charge in [0.25, 0.3) is 11.5 Å². The molecule has 4 rings (SSSR count). The fourth-order valence-electron chi connectivity index (χ4n) is 3.36. The maximum absolute atomic E-state index is 12.6. The summed E-state index contributed by atoms with van der Waals surface area (Å²) in [6, 6.07) is 12.3. The molecule has 0 bridgehead atoms. The molecular formula is C20H18ClN3O2. The topological polar surface area (TPSA) is 64.0 Å². The van der Waals surface area contributed by atoms with E-state index in [9.17, 15) is 9.59 Å². The van der Waals surface area contributed by atoms with Gasteiger partial charge in [0, 0.05) is 23.6 Å². The Hall–Kier alpha value is -2.66. The van der Waals surface area contributed by atoms with E-state index in [0.29, 0.717) is 21.5 Å². The maximum atomic E-state index is 12.6. The summed E-state index contributed by atoms with van der Waals surface area (Å²) in [4.78, 5) is 29.7. The fraction of sp³-hybridized carbons (Fsp3) is 0.250. The van der Waals surface area contributed by atoms with Gasteiger partial charge in [-0.1, -0.05) is 23.7 Å². The van der Waals surface area contributed by atoms with Crippen molar-refractivity contribution in [1.82, 2.24) is 14.9 Å². The van der Waals surface area contributed by atoms with E-state index in [0.717, 1.165) is 30.8 Å². The molecule has 26 heavy (non-hydrogen) atoms. The summed E-state index contributed by atoms with van der Waals surface area (Å²) in [7, 11) is 0. The van der Waals surface area contributed by atoms with Crippen molar-refractivity contribution < 1.29 is 4.79 Å². The number of halogens is 1. The van der Waals surface area contributed by atoms with Crippen LogP contribution < -0.4 is 10.9 Å². The summed E-state index contributed by atoms with van der Waals surface area (Å²) >= 11 is 6.02. The van der Waals surface area contributed by atoms with E-state index in [4.69, 9.17) is 11.6 Å². The summed E-state index contributed by atoms with van der Waals surface area (Å²) in [5, 5.41) is 4.15. The lowest BCUT2D eigenvalue weighted by Crippen LogP contribution is -2.27. The molecule has 0 saturated heterocycles. The molecule has 2 heterocycles. The van der Waals surface area contributed by atoms with E-state index in [-0.39, 0.29) is 17.5 Å². The molecule has 0 radical (unpaired) electrons. The number of benzene rings is 2. The first-order valence-corrected chi connectivity index (χ1v) is 9.00. The Kier molecular flexibility index (Phi) is 4.24. The Morgan fingerprint density at radius 3 is 2.92 bits per heavy atom. The van der Waals surface area contributed by atoms with Gasteiger partial charge in [-0.25, -0.2) is 4.98 Å². The van der Waals surface area contributed by atoms with Crippen LogP contribution in [0.5, 0.6) is 0 Å². The van der Waals surface area contributed by atoms with Crippen LogP contribution >= 0.6 is 11.6 Å². The summed E-state index contributed by atoms with van der Waals surface area (Å²) in [6.07, 6.45) is 1.73. The number of amides is 1. The Balaban J connectivity index is 1.63. The van der Waals surface area contributed by atoms with Gasteiger partial charge >= 0.3 is 0 Å². The number of hydrogen-bond donors (Lipinski definition) is 1. The Bertz CT molecular complexity index is 1070. The van der Waals surface area contributed by atoms with Crippen LogP contribution in [0.1, 0.15) is 41.1 Å². The Labute approximate surface area is 155 Å². The Morgan fingerprint density at radius 2 is 2.12 bits per heavy atom. The van der Waals surface area contributed by atoms with Gasteiger partial charge in [-0.05, 0) is 49.2 Å². The van der Waals surface area contributed by atoms with Crippen molar-refractivity contribution >= 4 is 28.4 Å². The number of fused-ring (bicyclic) bond motifs is 2. The van der Waals surface area contributed by atoms with Gasteiger partial charge in [0.05, 0.1) is 16.9 Å². The molecule has 0 fully saturated rings. The predicted octanol–water partition coefficient (Wildman–Crippen LogP) is 3.49. The second-order valence-electron chi connectivity index (χ2n) is 6.57. The quantitative estimate of drug-likeness (QED) is 0.770. The van der Waals surface area contributed by atoms with E-state index in [1.807, 2.05) is 25.1 Å². The standard InChI is InChI=1S/C20H18ClN3O2/c1-12(13-4-2-5-15(21)10-13)22-19(25)14-7-8-16-17(11-14)23-18-6-3-9-24(18)20(16)26/h2,4-5,7-8,10-12H,3,6,9H2,1H3,(H,22,25)/t12-/m0/s1. The van der Waals surface area contributed by atoms with Crippen LogP contribution in [0, 0.1) is 0 Å². The highest BCUT2D eigenvalue weighted by Gasteiger charge is 2.18. The first-order valence-electron chi connectivity index (χ1n) is 8.63. The molecule has 0 spiro atoms. The maximum Gasteiger partial charge on any atom is 0.261 e. The predicted molar refractivity (Wildman–Crippen MR) is 102 cm³/mol. The minimum atomic E-state index is -0.207. The molecule has 1 amide bonds. The van der Waals surface area contributed by atoms with Gasteiger partial charge in [0.2, 0.25) is 0 Å². The molecule has 132 valence electrons. The third kappa shape index (κ3) is 2.99. The molecule has 6 heteroatoms. The average Bonchev–Trinajstić information content (AvgIpc) is 3.10. The molecule has 1 aliphatic heterocycles. The van der Waals surface area contributed by atoms with Crippen LogP contribution in [0.3, 0.4) is 0 Å². The first-order chi connectivity index (χ1) is 12.5. The van der Waals surface area contributed by atoms with Gasteiger partial charge in [-0.15, -0.1) is 0 Å². The van der Waals surface area contributed by atoms with Crippen LogP contribution in [0.15, 0.2) is 47.3 Å². The molecule has 2 aromatic carbocycles. The monoisotopic (exact) mass is 367 g/mol.